The maximum Gasteiger partial charge on any atom is 0.264 e. The molecule has 0 saturated carbocycles. The van der Waals surface area contributed by atoms with Crippen molar-refractivity contribution in [3.05, 3.63) is 72.3 Å². The van der Waals surface area contributed by atoms with Crippen molar-refractivity contribution in [3.63, 3.8) is 0 Å². The number of sulfonamides is 1. The van der Waals surface area contributed by atoms with Gasteiger partial charge in [0.1, 0.15) is 13.2 Å². The minimum Gasteiger partial charge on any atom is -0.486 e. The first kappa shape index (κ1) is 30.6. The molecule has 0 N–H and O–H groups in total. The van der Waals surface area contributed by atoms with E-state index < -0.39 is 10.0 Å². The number of anilines is 2. The van der Waals surface area contributed by atoms with Crippen LogP contribution >= 0.6 is 23.7 Å². The molecular formula is C29H33ClN4O5S2. The van der Waals surface area contributed by atoms with Gasteiger partial charge in [0.05, 0.1) is 20.8 Å². The van der Waals surface area contributed by atoms with E-state index in [4.69, 9.17) is 14.5 Å². The van der Waals surface area contributed by atoms with Crippen molar-refractivity contribution in [1.29, 1.82) is 0 Å². The van der Waals surface area contributed by atoms with Gasteiger partial charge in [-0.25, -0.2) is 13.4 Å². The Balaban J connectivity index is 0.00000387. The number of para-hydroxylation sites is 1. The van der Waals surface area contributed by atoms with Crippen LogP contribution in [0.3, 0.4) is 0 Å². The Kier molecular flexibility index (Phi) is 9.75. The maximum absolute atomic E-state index is 13.8. The molecule has 4 aromatic rings. The monoisotopic (exact) mass is 616 g/mol. The van der Waals surface area contributed by atoms with E-state index in [1.54, 1.807) is 48.2 Å². The summed E-state index contributed by atoms with van der Waals surface area (Å²) < 4.78 is 40.5. The largest absolute Gasteiger partial charge is 0.486 e. The molecule has 0 radical (unpaired) electrons. The SMILES string of the molecule is CCN(c1ccccc1)S(=O)(=O)c1ccc(C(=O)N(CCCN(C)C)c2nc3cc4c(cc3s2)OCCO4)cc1.Cl. The van der Waals surface area contributed by atoms with Crippen LogP contribution in [0.2, 0.25) is 0 Å². The summed E-state index contributed by atoms with van der Waals surface area (Å²) >= 11 is 1.41. The second kappa shape index (κ2) is 13.1. The molecule has 1 aliphatic heterocycles. The van der Waals surface area contributed by atoms with Crippen molar-refractivity contribution in [2.75, 3.05) is 56.1 Å². The van der Waals surface area contributed by atoms with Crippen LogP contribution in [-0.4, -0.2) is 71.2 Å². The average Bonchev–Trinajstić information content (AvgIpc) is 3.37. The second-order valence-electron chi connectivity index (χ2n) is 9.60. The number of carbonyl (C=O) groups is 1. The van der Waals surface area contributed by atoms with Crippen molar-refractivity contribution in [1.82, 2.24) is 9.88 Å². The Bertz CT molecular complexity index is 1550. The van der Waals surface area contributed by atoms with Crippen LogP contribution in [0.15, 0.2) is 71.6 Å². The molecule has 0 fully saturated rings. The zero-order valence-electron chi connectivity index (χ0n) is 23.1. The van der Waals surface area contributed by atoms with Crippen LogP contribution in [0.25, 0.3) is 10.2 Å². The van der Waals surface area contributed by atoms with Gasteiger partial charge in [0.2, 0.25) is 0 Å². The highest BCUT2D eigenvalue weighted by atomic mass is 35.5. The van der Waals surface area contributed by atoms with Crippen molar-refractivity contribution in [2.24, 2.45) is 0 Å². The molecule has 1 amide bonds. The highest BCUT2D eigenvalue weighted by Crippen LogP contribution is 2.39. The third-order valence-electron chi connectivity index (χ3n) is 6.52. The van der Waals surface area contributed by atoms with Crippen molar-refractivity contribution in [2.45, 2.75) is 18.2 Å². The van der Waals surface area contributed by atoms with Crippen molar-refractivity contribution in [3.8, 4) is 11.5 Å². The van der Waals surface area contributed by atoms with Gasteiger partial charge in [-0.1, -0.05) is 29.5 Å². The molecule has 2 heterocycles. The number of carbonyl (C=O) groups excluding carboxylic acids is 1. The molecule has 1 aromatic heterocycles. The Morgan fingerprint density at radius 3 is 2.24 bits per heavy atom. The quantitative estimate of drug-likeness (QED) is 0.239. The van der Waals surface area contributed by atoms with E-state index in [1.807, 2.05) is 32.3 Å². The number of nitrogens with zero attached hydrogens (tertiary/aromatic N) is 4. The first-order chi connectivity index (χ1) is 19.3. The van der Waals surface area contributed by atoms with Gasteiger partial charge in [-0.05, 0) is 70.4 Å². The van der Waals surface area contributed by atoms with Gasteiger partial charge in [0.25, 0.3) is 15.9 Å². The van der Waals surface area contributed by atoms with E-state index in [0.717, 1.165) is 23.2 Å². The number of hydrogen-bond acceptors (Lipinski definition) is 8. The lowest BCUT2D eigenvalue weighted by molar-refractivity contribution is 0.0986. The summed E-state index contributed by atoms with van der Waals surface area (Å²) in [6, 6.07) is 18.8. The van der Waals surface area contributed by atoms with E-state index >= 15 is 0 Å². The van der Waals surface area contributed by atoms with Crippen LogP contribution in [0.4, 0.5) is 10.8 Å². The summed E-state index contributed by atoms with van der Waals surface area (Å²) in [6.07, 6.45) is 0.742. The molecule has 0 unspecified atom stereocenters. The summed E-state index contributed by atoms with van der Waals surface area (Å²) in [7, 11) is 0.178. The third kappa shape index (κ3) is 6.59. The summed E-state index contributed by atoms with van der Waals surface area (Å²) in [4.78, 5) is 22.4. The Labute approximate surface area is 250 Å². The summed E-state index contributed by atoms with van der Waals surface area (Å²) in [6.45, 7) is 4.31. The molecule has 3 aromatic carbocycles. The lowest BCUT2D eigenvalue weighted by Gasteiger charge is -2.23. The van der Waals surface area contributed by atoms with Crippen LogP contribution in [0.1, 0.15) is 23.7 Å². The van der Waals surface area contributed by atoms with Gasteiger partial charge in [-0.2, -0.15) is 0 Å². The number of rotatable bonds is 10. The first-order valence-corrected chi connectivity index (χ1v) is 15.4. The fraction of sp³-hybridized carbons (Fsp3) is 0.310. The molecule has 0 aliphatic carbocycles. The zero-order chi connectivity index (χ0) is 28.3. The van der Waals surface area contributed by atoms with Gasteiger partial charge in [0, 0.05) is 30.8 Å². The molecule has 218 valence electrons. The predicted molar refractivity (Wildman–Crippen MR) is 166 cm³/mol. The molecule has 0 atom stereocenters. The van der Waals surface area contributed by atoms with Crippen LogP contribution in [-0.2, 0) is 10.0 Å². The van der Waals surface area contributed by atoms with Gasteiger partial charge >= 0.3 is 0 Å². The van der Waals surface area contributed by atoms with Crippen LogP contribution in [0.5, 0.6) is 11.5 Å². The van der Waals surface area contributed by atoms with Gasteiger partial charge < -0.3 is 14.4 Å². The highest BCUT2D eigenvalue weighted by molar-refractivity contribution is 7.92. The summed E-state index contributed by atoms with van der Waals surface area (Å²) in [5.74, 6) is 1.08. The molecular weight excluding hydrogens is 584 g/mol. The van der Waals surface area contributed by atoms with Crippen LogP contribution in [0, 0.1) is 0 Å². The Hall–Kier alpha value is -3.38. The smallest absolute Gasteiger partial charge is 0.264 e. The van der Waals surface area contributed by atoms with Gasteiger partial charge in [-0.15, -0.1) is 12.4 Å². The van der Waals surface area contributed by atoms with E-state index in [1.165, 1.54) is 27.8 Å². The minimum atomic E-state index is -3.80. The van der Waals surface area contributed by atoms with Gasteiger partial charge in [0.15, 0.2) is 16.6 Å². The normalized spacial score (nSPS) is 12.7. The molecule has 1 aliphatic rings. The number of aromatic nitrogens is 1. The maximum atomic E-state index is 13.8. The molecule has 9 nitrogen and oxygen atoms in total. The number of hydrogen-bond donors (Lipinski definition) is 0. The van der Waals surface area contributed by atoms with E-state index in [2.05, 4.69) is 4.90 Å². The van der Waals surface area contributed by atoms with E-state index in [9.17, 15) is 13.2 Å². The number of benzene rings is 3. The van der Waals surface area contributed by atoms with E-state index in [-0.39, 0.29) is 29.8 Å². The standard InChI is InChI=1S/C29H32N4O5S2.ClH/c1-4-33(22-9-6-5-7-10-22)40(35,36)23-13-11-21(12-14-23)28(34)32(16-8-15-31(2)3)29-30-24-19-25-26(20-27(24)39-29)38-18-17-37-25;/h5-7,9-14,19-20H,4,8,15-18H2,1-3H3;1H. The fourth-order valence-corrected chi connectivity index (χ4v) is 7.01. The lowest BCUT2D eigenvalue weighted by Crippen LogP contribution is -2.33. The number of ether oxygens (including phenoxy) is 2. The predicted octanol–water partition coefficient (Wildman–Crippen LogP) is 5.30. The molecule has 0 saturated heterocycles. The van der Waals surface area contributed by atoms with Crippen LogP contribution < -0.4 is 18.7 Å². The third-order valence-corrected chi connectivity index (χ3v) is 9.48. The molecule has 5 rings (SSSR count). The average molecular weight is 617 g/mol. The number of amides is 1. The molecule has 12 heteroatoms. The number of halogens is 1. The summed E-state index contributed by atoms with van der Waals surface area (Å²) in [5.41, 5.74) is 1.71. The number of fused-ring (bicyclic) bond motifs is 2. The molecule has 41 heavy (non-hydrogen) atoms. The first-order valence-electron chi connectivity index (χ1n) is 13.1. The van der Waals surface area contributed by atoms with Crippen molar-refractivity contribution >= 4 is 60.7 Å². The Morgan fingerprint density at radius 1 is 0.951 bits per heavy atom. The zero-order valence-corrected chi connectivity index (χ0v) is 25.6. The number of thiazole rings is 1. The minimum absolute atomic E-state index is 0. The lowest BCUT2D eigenvalue weighted by atomic mass is 10.2. The topological polar surface area (TPSA) is 92.3 Å². The van der Waals surface area contributed by atoms with Gasteiger partial charge in [-0.3, -0.25) is 14.0 Å². The molecule has 0 bridgehead atoms. The second-order valence-corrected chi connectivity index (χ2v) is 12.5. The highest BCUT2D eigenvalue weighted by Gasteiger charge is 2.26. The Morgan fingerprint density at radius 2 is 1.61 bits per heavy atom. The molecule has 0 spiro atoms. The van der Waals surface area contributed by atoms with E-state index in [0.29, 0.717) is 47.6 Å². The fourth-order valence-electron chi connectivity index (χ4n) is 4.54. The van der Waals surface area contributed by atoms with Crippen molar-refractivity contribution < 1.29 is 22.7 Å². The summed E-state index contributed by atoms with van der Waals surface area (Å²) in [5, 5.41) is 0.569.